The number of carboxylic acid groups (broad SMARTS) is 1. The van der Waals surface area contributed by atoms with E-state index in [2.05, 4.69) is 31.1 Å². The number of carbonyl (C=O) groups is 1. The monoisotopic (exact) mass is 305 g/mol. The van der Waals surface area contributed by atoms with Crippen LogP contribution in [-0.2, 0) is 0 Å². The fourth-order valence-corrected chi connectivity index (χ4v) is 2.27. The molecule has 18 heavy (non-hydrogen) atoms. The summed E-state index contributed by atoms with van der Waals surface area (Å²) in [6.07, 6.45) is 1.86. The first kappa shape index (κ1) is 11.0. The second-order valence-electron chi connectivity index (χ2n) is 3.87. The summed E-state index contributed by atoms with van der Waals surface area (Å²) in [6, 6.07) is 7.30. The van der Waals surface area contributed by atoms with Crippen LogP contribution in [-0.4, -0.2) is 26.3 Å². The van der Waals surface area contributed by atoms with E-state index in [1.807, 2.05) is 24.4 Å². The van der Waals surface area contributed by atoms with Crippen molar-refractivity contribution in [3.8, 4) is 11.3 Å². The number of hydrogen-bond donors (Lipinski definition) is 3. The highest BCUT2D eigenvalue weighted by Crippen LogP contribution is 2.28. The Morgan fingerprint density at radius 3 is 2.89 bits per heavy atom. The van der Waals surface area contributed by atoms with Gasteiger partial charge in [-0.15, -0.1) is 0 Å². The molecule has 0 unspecified atom stereocenters. The number of nitrogens with zero attached hydrogens (tertiary/aromatic N) is 1. The van der Waals surface area contributed by atoms with Crippen LogP contribution in [0.15, 0.2) is 34.9 Å². The van der Waals surface area contributed by atoms with Crippen LogP contribution in [0, 0.1) is 0 Å². The number of aromatic nitrogens is 3. The number of benzene rings is 1. The Kier molecular flexibility index (Phi) is 2.45. The molecule has 0 fully saturated rings. The van der Waals surface area contributed by atoms with E-state index in [4.69, 9.17) is 5.11 Å². The SMILES string of the molecule is O=C(O)c1cc(-c2ccc3[nH]cc(Br)c3c2)n[nH]1. The minimum Gasteiger partial charge on any atom is -0.477 e. The first-order valence-corrected chi connectivity index (χ1v) is 6.00. The first-order valence-electron chi connectivity index (χ1n) is 5.21. The van der Waals surface area contributed by atoms with Gasteiger partial charge < -0.3 is 10.1 Å². The van der Waals surface area contributed by atoms with E-state index in [0.717, 1.165) is 20.9 Å². The summed E-state index contributed by atoms with van der Waals surface area (Å²) in [7, 11) is 0. The van der Waals surface area contributed by atoms with Gasteiger partial charge in [0.05, 0.1) is 5.69 Å². The van der Waals surface area contributed by atoms with E-state index in [9.17, 15) is 4.79 Å². The Bertz CT molecular complexity index is 745. The number of hydrogen-bond acceptors (Lipinski definition) is 2. The van der Waals surface area contributed by atoms with Crippen molar-refractivity contribution in [1.82, 2.24) is 15.2 Å². The van der Waals surface area contributed by atoms with Crippen LogP contribution in [0.5, 0.6) is 0 Å². The normalized spacial score (nSPS) is 10.9. The maximum absolute atomic E-state index is 10.8. The molecule has 1 aromatic carbocycles. The van der Waals surface area contributed by atoms with E-state index in [1.54, 1.807) is 0 Å². The van der Waals surface area contributed by atoms with Crippen LogP contribution in [0.3, 0.4) is 0 Å². The standard InChI is InChI=1S/C12H8BrN3O2/c13-8-5-14-9-2-1-6(3-7(8)9)10-4-11(12(17)18)16-15-10/h1-5,14H,(H,15,16)(H,17,18). The number of aromatic amines is 2. The quantitative estimate of drug-likeness (QED) is 0.680. The van der Waals surface area contributed by atoms with E-state index >= 15 is 0 Å². The molecule has 0 aliphatic carbocycles. The lowest BCUT2D eigenvalue weighted by Crippen LogP contribution is -1.95. The van der Waals surface area contributed by atoms with E-state index in [0.29, 0.717) is 5.69 Å². The lowest BCUT2D eigenvalue weighted by atomic mass is 10.1. The molecular formula is C12H8BrN3O2. The third-order valence-corrected chi connectivity index (χ3v) is 3.39. The van der Waals surface area contributed by atoms with Crippen LogP contribution in [0.25, 0.3) is 22.2 Å². The van der Waals surface area contributed by atoms with Gasteiger partial charge in [0.1, 0.15) is 5.69 Å². The molecule has 3 aromatic rings. The van der Waals surface area contributed by atoms with Gasteiger partial charge in [0.25, 0.3) is 0 Å². The van der Waals surface area contributed by atoms with Crippen LogP contribution >= 0.6 is 15.9 Å². The second-order valence-corrected chi connectivity index (χ2v) is 4.72. The van der Waals surface area contributed by atoms with Crippen molar-refractivity contribution in [3.05, 3.63) is 40.6 Å². The summed E-state index contributed by atoms with van der Waals surface area (Å²) < 4.78 is 0.966. The molecule has 2 aromatic heterocycles. The Morgan fingerprint density at radius 1 is 1.33 bits per heavy atom. The largest absolute Gasteiger partial charge is 0.477 e. The van der Waals surface area contributed by atoms with Crippen LogP contribution in [0.1, 0.15) is 10.5 Å². The maximum Gasteiger partial charge on any atom is 0.353 e. The highest BCUT2D eigenvalue weighted by molar-refractivity contribution is 9.10. The Hall–Kier alpha value is -2.08. The average molecular weight is 306 g/mol. The van der Waals surface area contributed by atoms with Gasteiger partial charge in [-0.25, -0.2) is 4.79 Å². The van der Waals surface area contributed by atoms with Gasteiger partial charge >= 0.3 is 5.97 Å². The molecule has 0 radical (unpaired) electrons. The summed E-state index contributed by atoms with van der Waals surface area (Å²) in [4.78, 5) is 13.9. The van der Waals surface area contributed by atoms with Crippen LogP contribution in [0.4, 0.5) is 0 Å². The summed E-state index contributed by atoms with van der Waals surface area (Å²) >= 11 is 3.45. The number of rotatable bonds is 2. The predicted octanol–water partition coefficient (Wildman–Crippen LogP) is 3.02. The Balaban J connectivity index is 2.12. The van der Waals surface area contributed by atoms with Gasteiger partial charge in [-0.2, -0.15) is 5.10 Å². The first-order chi connectivity index (χ1) is 8.65. The molecule has 0 amide bonds. The Labute approximate surface area is 110 Å². The number of fused-ring (bicyclic) bond motifs is 1. The molecule has 0 aliphatic rings. The summed E-state index contributed by atoms with van der Waals surface area (Å²) in [5.74, 6) is -1.02. The predicted molar refractivity (Wildman–Crippen MR) is 70.5 cm³/mol. The van der Waals surface area contributed by atoms with Crippen molar-refractivity contribution < 1.29 is 9.90 Å². The highest BCUT2D eigenvalue weighted by Gasteiger charge is 2.10. The lowest BCUT2D eigenvalue weighted by Gasteiger charge is -1.97. The molecule has 0 aliphatic heterocycles. The van der Waals surface area contributed by atoms with Crippen LogP contribution in [0.2, 0.25) is 0 Å². The second kappa shape index (κ2) is 3.99. The van der Waals surface area contributed by atoms with Gasteiger partial charge in [-0.3, -0.25) is 5.10 Å². The van der Waals surface area contributed by atoms with Crippen molar-refractivity contribution in [2.45, 2.75) is 0 Å². The van der Waals surface area contributed by atoms with Gasteiger partial charge in [0, 0.05) is 27.1 Å². The third kappa shape index (κ3) is 1.70. The molecule has 2 heterocycles. The molecule has 6 heteroatoms. The van der Waals surface area contributed by atoms with Crippen molar-refractivity contribution in [1.29, 1.82) is 0 Å². The van der Waals surface area contributed by atoms with E-state index in [-0.39, 0.29) is 5.69 Å². The van der Waals surface area contributed by atoms with E-state index in [1.165, 1.54) is 6.07 Å². The molecular weight excluding hydrogens is 298 g/mol. The van der Waals surface area contributed by atoms with Crippen molar-refractivity contribution in [2.75, 3.05) is 0 Å². The van der Waals surface area contributed by atoms with Gasteiger partial charge in [-0.1, -0.05) is 6.07 Å². The maximum atomic E-state index is 10.8. The smallest absolute Gasteiger partial charge is 0.353 e. The summed E-state index contributed by atoms with van der Waals surface area (Å²) in [6.45, 7) is 0. The summed E-state index contributed by atoms with van der Waals surface area (Å²) in [5.41, 5.74) is 2.58. The van der Waals surface area contributed by atoms with Gasteiger partial charge in [0.2, 0.25) is 0 Å². The zero-order valence-electron chi connectivity index (χ0n) is 9.07. The number of aromatic carboxylic acids is 1. The van der Waals surface area contributed by atoms with Crippen molar-refractivity contribution in [2.24, 2.45) is 0 Å². The molecule has 0 saturated carbocycles. The van der Waals surface area contributed by atoms with Crippen LogP contribution < -0.4 is 0 Å². The lowest BCUT2D eigenvalue weighted by molar-refractivity contribution is 0.0690. The van der Waals surface area contributed by atoms with Crippen molar-refractivity contribution in [3.63, 3.8) is 0 Å². The van der Waals surface area contributed by atoms with E-state index < -0.39 is 5.97 Å². The minimum atomic E-state index is -1.02. The molecule has 3 rings (SSSR count). The molecule has 0 spiro atoms. The van der Waals surface area contributed by atoms with Gasteiger partial charge in [-0.05, 0) is 34.1 Å². The fraction of sp³-hybridized carbons (Fsp3) is 0. The molecule has 0 saturated heterocycles. The topological polar surface area (TPSA) is 81.8 Å². The molecule has 0 atom stereocenters. The molecule has 5 nitrogen and oxygen atoms in total. The number of carboxylic acids is 1. The summed E-state index contributed by atoms with van der Waals surface area (Å²) in [5, 5.41) is 16.4. The third-order valence-electron chi connectivity index (χ3n) is 2.74. The molecule has 90 valence electrons. The van der Waals surface area contributed by atoms with Gasteiger partial charge in [0.15, 0.2) is 0 Å². The number of H-pyrrole nitrogens is 2. The van der Waals surface area contributed by atoms with Crippen molar-refractivity contribution >= 4 is 32.8 Å². The fourth-order valence-electron chi connectivity index (χ4n) is 1.83. The number of halogens is 1. The molecule has 3 N–H and O–H groups in total. The zero-order chi connectivity index (χ0) is 12.7. The number of nitrogens with one attached hydrogen (secondary N) is 2. The Morgan fingerprint density at radius 2 is 2.17 bits per heavy atom. The zero-order valence-corrected chi connectivity index (χ0v) is 10.7. The minimum absolute atomic E-state index is 0.0817. The highest BCUT2D eigenvalue weighted by atomic mass is 79.9. The molecule has 0 bridgehead atoms. The average Bonchev–Trinajstić information content (AvgIpc) is 2.96.